The third-order valence-electron chi connectivity index (χ3n) is 1.07. The molecule has 4 heteroatoms. The van der Waals surface area contributed by atoms with Gasteiger partial charge < -0.3 is 9.47 Å². The average Bonchev–Trinajstić information content (AvgIpc) is 2.26. The van der Waals surface area contributed by atoms with E-state index in [2.05, 4.69) is 13.8 Å². The van der Waals surface area contributed by atoms with Crippen LogP contribution in [0.4, 0.5) is 0 Å². The van der Waals surface area contributed by atoms with E-state index in [9.17, 15) is 0 Å². The summed E-state index contributed by atoms with van der Waals surface area (Å²) in [6.07, 6.45) is 10.3. The predicted molar refractivity (Wildman–Crippen MR) is 81.1 cm³/mol. The largest absolute Gasteiger partial charge is 0.379 e. The predicted octanol–water partition coefficient (Wildman–Crippen LogP) is 3.80. The van der Waals surface area contributed by atoms with Gasteiger partial charge in [-0.15, -0.1) is 0 Å². The van der Waals surface area contributed by atoms with Gasteiger partial charge in [0, 0.05) is 13.2 Å². The smallest absolute Gasteiger partial charge is 0.0700 e. The van der Waals surface area contributed by atoms with Gasteiger partial charge in [-0.2, -0.15) is 23.5 Å². The maximum absolute atomic E-state index is 5.20. The van der Waals surface area contributed by atoms with Crippen LogP contribution >= 0.6 is 23.5 Å². The van der Waals surface area contributed by atoms with Gasteiger partial charge in [-0.05, 0) is 37.9 Å². The quantitative estimate of drug-likeness (QED) is 0.655. The fourth-order valence-corrected chi connectivity index (χ4v) is 0.611. The van der Waals surface area contributed by atoms with Crippen molar-refractivity contribution in [2.24, 2.45) is 0 Å². The van der Waals surface area contributed by atoms with E-state index < -0.39 is 0 Å². The van der Waals surface area contributed by atoms with E-state index >= 15 is 0 Å². The van der Waals surface area contributed by atoms with Crippen LogP contribution in [0.1, 0.15) is 26.7 Å². The van der Waals surface area contributed by atoms with Crippen LogP contribution in [-0.4, -0.2) is 51.5 Å². The van der Waals surface area contributed by atoms with Crippen molar-refractivity contribution in [3.8, 4) is 0 Å². The monoisotopic (exact) mass is 270 g/mol. The lowest BCUT2D eigenvalue weighted by atomic mass is 10.5. The minimum absolute atomic E-state index is 0.744. The van der Waals surface area contributed by atoms with Gasteiger partial charge in [0.25, 0.3) is 0 Å². The van der Waals surface area contributed by atoms with Crippen LogP contribution in [0.3, 0.4) is 0 Å². The molecule has 0 saturated carbocycles. The maximum atomic E-state index is 5.20. The van der Waals surface area contributed by atoms with Gasteiger partial charge >= 0.3 is 0 Å². The Morgan fingerprint density at radius 2 is 0.875 bits per heavy atom. The molecule has 0 aliphatic carbocycles. The molecular weight excluding hydrogens is 240 g/mol. The first-order valence-corrected chi connectivity index (χ1v) is 8.97. The summed E-state index contributed by atoms with van der Waals surface area (Å²) in [4.78, 5) is 0. The molecule has 0 radical (unpaired) electrons. The van der Waals surface area contributed by atoms with Crippen LogP contribution in [0, 0.1) is 0 Å². The Labute approximate surface area is 111 Å². The minimum Gasteiger partial charge on any atom is -0.379 e. The molecule has 0 aromatic carbocycles. The van der Waals surface area contributed by atoms with Gasteiger partial charge in [0.2, 0.25) is 0 Å². The zero-order valence-corrected chi connectivity index (χ0v) is 13.5. The van der Waals surface area contributed by atoms with Crippen molar-refractivity contribution in [3.05, 3.63) is 0 Å². The third kappa shape index (κ3) is 46.7. The summed E-state index contributed by atoms with van der Waals surface area (Å²) in [5.41, 5.74) is 0. The van der Waals surface area contributed by atoms with E-state index in [4.69, 9.17) is 9.47 Å². The van der Waals surface area contributed by atoms with Gasteiger partial charge in [0.05, 0.1) is 13.2 Å². The van der Waals surface area contributed by atoms with E-state index in [1.807, 2.05) is 25.0 Å². The molecule has 0 spiro atoms. The molecule has 102 valence electrons. The lowest BCUT2D eigenvalue weighted by Crippen LogP contribution is -2.04. The molecule has 0 bridgehead atoms. The van der Waals surface area contributed by atoms with E-state index in [1.165, 1.54) is 0 Å². The van der Waals surface area contributed by atoms with Crippen molar-refractivity contribution in [2.45, 2.75) is 26.7 Å². The Bertz CT molecular complexity index is 73.4. The maximum Gasteiger partial charge on any atom is 0.0700 e. The van der Waals surface area contributed by atoms with Crippen molar-refractivity contribution < 1.29 is 9.47 Å². The summed E-state index contributed by atoms with van der Waals surface area (Å²) >= 11 is 3.50. The van der Waals surface area contributed by atoms with E-state index in [0.29, 0.717) is 0 Å². The Morgan fingerprint density at radius 3 is 1.06 bits per heavy atom. The SMILES string of the molecule is CCCOCCOCCC.CSC.CSC. The van der Waals surface area contributed by atoms with Gasteiger partial charge in [-0.25, -0.2) is 0 Å². The van der Waals surface area contributed by atoms with Crippen LogP contribution in [-0.2, 0) is 9.47 Å². The zero-order chi connectivity index (χ0) is 13.1. The van der Waals surface area contributed by atoms with Crippen molar-refractivity contribution in [3.63, 3.8) is 0 Å². The fraction of sp³-hybridized carbons (Fsp3) is 1.00. The highest BCUT2D eigenvalue weighted by molar-refractivity contribution is 7.98. The van der Waals surface area contributed by atoms with E-state index in [0.717, 1.165) is 39.3 Å². The molecule has 0 atom stereocenters. The molecule has 0 fully saturated rings. The lowest BCUT2D eigenvalue weighted by Gasteiger charge is -2.02. The van der Waals surface area contributed by atoms with Crippen LogP contribution in [0.25, 0.3) is 0 Å². The molecular formula is C12H30O2S2. The highest BCUT2D eigenvalue weighted by atomic mass is 32.2. The van der Waals surface area contributed by atoms with E-state index in [1.54, 1.807) is 23.5 Å². The summed E-state index contributed by atoms with van der Waals surface area (Å²) in [5.74, 6) is 0. The lowest BCUT2D eigenvalue weighted by molar-refractivity contribution is 0.0483. The molecule has 16 heavy (non-hydrogen) atoms. The average molecular weight is 271 g/mol. The molecule has 0 N–H and O–H groups in total. The summed E-state index contributed by atoms with van der Waals surface area (Å²) in [7, 11) is 0. The second-order valence-corrected chi connectivity index (χ2v) is 4.67. The van der Waals surface area contributed by atoms with Gasteiger partial charge in [-0.1, -0.05) is 13.8 Å². The highest BCUT2D eigenvalue weighted by Crippen LogP contribution is 1.83. The first-order valence-electron chi connectivity index (χ1n) is 5.70. The topological polar surface area (TPSA) is 18.5 Å². The Kier molecular flexibility index (Phi) is 40.4. The molecule has 2 nitrogen and oxygen atoms in total. The molecule has 0 aromatic heterocycles. The van der Waals surface area contributed by atoms with Crippen molar-refractivity contribution in [1.29, 1.82) is 0 Å². The number of thioether (sulfide) groups is 2. The highest BCUT2D eigenvalue weighted by Gasteiger charge is 1.85. The van der Waals surface area contributed by atoms with Crippen molar-refractivity contribution in [2.75, 3.05) is 51.5 Å². The third-order valence-corrected chi connectivity index (χ3v) is 1.07. The standard InChI is InChI=1S/C8H18O2.2C2H6S/c1-3-5-9-7-8-10-6-4-2;2*1-3-2/h3-8H2,1-2H3;2*1-2H3. The van der Waals surface area contributed by atoms with E-state index in [-0.39, 0.29) is 0 Å². The number of hydrogen-bond donors (Lipinski definition) is 0. The molecule has 0 rings (SSSR count). The summed E-state index contributed by atoms with van der Waals surface area (Å²) < 4.78 is 10.4. The normalized spacial score (nSPS) is 8.62. The molecule has 0 saturated heterocycles. The number of ether oxygens (including phenoxy) is 2. The number of hydrogen-bond acceptors (Lipinski definition) is 4. The molecule has 0 amide bonds. The van der Waals surface area contributed by atoms with Crippen molar-refractivity contribution >= 4 is 23.5 Å². The molecule has 0 aromatic rings. The second kappa shape index (κ2) is 29.6. The van der Waals surface area contributed by atoms with Gasteiger partial charge in [0.15, 0.2) is 0 Å². The molecule has 0 unspecified atom stereocenters. The van der Waals surface area contributed by atoms with Crippen LogP contribution in [0.5, 0.6) is 0 Å². The summed E-state index contributed by atoms with van der Waals surface area (Å²) in [6, 6.07) is 0. The second-order valence-electron chi connectivity index (χ2n) is 3.04. The summed E-state index contributed by atoms with van der Waals surface area (Å²) in [5, 5.41) is 0. The first kappa shape index (κ1) is 21.9. The fourth-order valence-electron chi connectivity index (χ4n) is 0.611. The zero-order valence-electron chi connectivity index (χ0n) is 11.9. The molecule has 0 aliphatic rings. The van der Waals surface area contributed by atoms with Crippen LogP contribution in [0.15, 0.2) is 0 Å². The van der Waals surface area contributed by atoms with Crippen LogP contribution < -0.4 is 0 Å². The Morgan fingerprint density at radius 1 is 0.625 bits per heavy atom. The first-order chi connectivity index (χ1) is 7.74. The Balaban J connectivity index is -0.000000235. The Hall–Kier alpha value is 0.620. The van der Waals surface area contributed by atoms with Gasteiger partial charge in [-0.3, -0.25) is 0 Å². The minimum atomic E-state index is 0.744. The van der Waals surface area contributed by atoms with Gasteiger partial charge in [0.1, 0.15) is 0 Å². The molecule has 0 heterocycles. The molecule has 0 aliphatic heterocycles. The van der Waals surface area contributed by atoms with Crippen molar-refractivity contribution in [1.82, 2.24) is 0 Å². The number of rotatable bonds is 7. The summed E-state index contributed by atoms with van der Waals surface area (Å²) in [6.45, 7) is 7.41. The van der Waals surface area contributed by atoms with Crippen LogP contribution in [0.2, 0.25) is 0 Å².